The van der Waals surface area contributed by atoms with Crippen LogP contribution in [0.25, 0.3) is 32.3 Å². The molecular weight excluding hydrogens is 1590 g/mol. The summed E-state index contributed by atoms with van der Waals surface area (Å²) < 4.78 is 39.3. The molecule has 6 fully saturated rings. The van der Waals surface area contributed by atoms with Crippen molar-refractivity contribution in [3.63, 3.8) is 0 Å². The summed E-state index contributed by atoms with van der Waals surface area (Å²) in [5.41, 5.74) is 11.2. The fourth-order valence-electron chi connectivity index (χ4n) is 19.9. The van der Waals surface area contributed by atoms with Crippen LogP contribution >= 0.6 is 0 Å². The van der Waals surface area contributed by atoms with Gasteiger partial charge in [0.1, 0.15) is 43.4 Å². The number of ether oxygens (including phenoxy) is 6. The van der Waals surface area contributed by atoms with Gasteiger partial charge in [-0.1, -0.05) is 111 Å². The normalized spacial score (nSPS) is 22.0. The molecule has 12 heterocycles. The minimum absolute atomic E-state index is 0.0353. The van der Waals surface area contributed by atoms with E-state index in [1.807, 2.05) is 0 Å². The van der Waals surface area contributed by atoms with Crippen molar-refractivity contribution in [3.8, 4) is 36.2 Å². The van der Waals surface area contributed by atoms with Crippen LogP contribution in [0.1, 0.15) is 70.3 Å². The Morgan fingerprint density at radius 3 is 1.42 bits per heavy atom. The van der Waals surface area contributed by atoms with Crippen LogP contribution in [0, 0.1) is 34.0 Å². The fourth-order valence-corrected chi connectivity index (χ4v) is 19.9. The summed E-state index contributed by atoms with van der Waals surface area (Å²) in [5, 5.41) is 36.8. The Morgan fingerprint density at radius 2 is 0.905 bits per heavy atom. The monoisotopic (exact) mass is 1700 g/mol. The third-order valence-electron chi connectivity index (χ3n) is 26.7. The van der Waals surface area contributed by atoms with Crippen LogP contribution in [0.4, 0.5) is 34.5 Å². The maximum Gasteiger partial charge on any atom is 0.318 e. The van der Waals surface area contributed by atoms with Crippen molar-refractivity contribution in [2.75, 3.05) is 194 Å². The van der Waals surface area contributed by atoms with E-state index in [9.17, 15) is 30.2 Å². The van der Waals surface area contributed by atoms with Crippen molar-refractivity contribution >= 4 is 84.6 Å². The van der Waals surface area contributed by atoms with Gasteiger partial charge in [0.25, 0.3) is 0 Å². The van der Waals surface area contributed by atoms with Crippen LogP contribution < -0.4 is 43.6 Å². The quantitative estimate of drug-likeness (QED) is 0.0509. The number of benzene rings is 6. The van der Waals surface area contributed by atoms with Gasteiger partial charge in [0, 0.05) is 161 Å². The van der Waals surface area contributed by atoms with Crippen molar-refractivity contribution < 1.29 is 42.8 Å². The lowest BCUT2D eigenvalue weighted by molar-refractivity contribution is -0.129. The highest BCUT2D eigenvalue weighted by molar-refractivity contribution is 5.98. The van der Waals surface area contributed by atoms with Crippen molar-refractivity contribution in [2.24, 2.45) is 0 Å². The van der Waals surface area contributed by atoms with Gasteiger partial charge < -0.3 is 72.5 Å². The minimum atomic E-state index is -0.384. The Bertz CT molecular complexity index is 5750. The molecule has 30 heteroatoms. The van der Waals surface area contributed by atoms with Gasteiger partial charge in [0.15, 0.2) is 0 Å². The minimum Gasteiger partial charge on any atom is -0.462 e. The van der Waals surface area contributed by atoms with Crippen LogP contribution in [0.5, 0.6) is 18.0 Å². The largest absolute Gasteiger partial charge is 0.462 e. The maximum absolute atomic E-state index is 13.3. The SMILES string of the molecule is C=CC(=O)N1CCN(c2nc(OC[C@@H]3CN(Cc4cc(N5CCc6c(nc(OC[C@@H]7COC(c8ccc(N9CCc%10c(nc(OC[C@H]%11COCCN%11C)nc%10N%10CCN(C(=O)C=C)C(CC#N)C%10)C9)c9ccccc89)CN7C)nc6N6CCN(C(=O)C=C)C(CC#N)C6)C5)c5ccccc5c4)CCO3)nc3c2CCN(c2cccc4ccccc24)C3)CC1CC#N. The highest BCUT2D eigenvalue weighted by Gasteiger charge is 2.40. The molecule has 0 N–H and O–H groups in total. The van der Waals surface area contributed by atoms with Gasteiger partial charge in [-0.25, -0.2) is 0 Å². The van der Waals surface area contributed by atoms with E-state index in [4.69, 9.17) is 58.3 Å². The molecule has 0 spiro atoms. The number of nitrogens with zero attached hydrogens (tertiary/aromatic N) is 21. The number of carbonyl (C=O) groups excluding carboxylic acids is 3. The van der Waals surface area contributed by atoms with Crippen molar-refractivity contribution in [1.29, 1.82) is 15.8 Å². The van der Waals surface area contributed by atoms with Gasteiger partial charge in [-0.15, -0.1) is 0 Å². The number of amides is 3. The second-order valence-electron chi connectivity index (χ2n) is 34.2. The molecule has 4 unspecified atom stereocenters. The average molecular weight is 1700 g/mol. The summed E-state index contributed by atoms with van der Waals surface area (Å²) in [7, 11) is 4.19. The molecule has 30 nitrogen and oxygen atoms in total. The Kier molecular flexibility index (Phi) is 25.2. The predicted octanol–water partition coefficient (Wildman–Crippen LogP) is 8.99. The first-order chi connectivity index (χ1) is 61.7. The number of likely N-dealkylation sites (N-methyl/N-ethyl adjacent to an activating group) is 2. The number of carbonyl (C=O) groups is 3. The zero-order valence-corrected chi connectivity index (χ0v) is 71.8. The molecule has 650 valence electrons. The first kappa shape index (κ1) is 84.3. The third-order valence-corrected chi connectivity index (χ3v) is 26.7. The maximum atomic E-state index is 13.3. The lowest BCUT2D eigenvalue weighted by Crippen LogP contribution is -2.55. The Balaban J connectivity index is 0.567. The van der Waals surface area contributed by atoms with Gasteiger partial charge in [0.05, 0.1) is 137 Å². The molecule has 0 aliphatic carbocycles. The van der Waals surface area contributed by atoms with Gasteiger partial charge in [-0.3, -0.25) is 29.1 Å². The summed E-state index contributed by atoms with van der Waals surface area (Å²) in [6, 6.07) is 47.6. The number of fused-ring (bicyclic) bond motifs is 6. The molecule has 6 saturated heterocycles. The van der Waals surface area contributed by atoms with E-state index < -0.39 is 0 Å². The molecule has 3 amide bonds. The number of anilines is 6. The summed E-state index contributed by atoms with van der Waals surface area (Å²) >= 11 is 0. The molecule has 7 atom stereocenters. The van der Waals surface area contributed by atoms with E-state index in [2.05, 4.69) is 211 Å². The molecule has 6 aromatic carbocycles. The van der Waals surface area contributed by atoms with E-state index in [1.54, 1.807) is 14.7 Å². The number of rotatable bonds is 24. The molecule has 9 aliphatic heterocycles. The van der Waals surface area contributed by atoms with Crippen LogP contribution in [0.15, 0.2) is 153 Å². The molecule has 9 aromatic rings. The highest BCUT2D eigenvalue weighted by atomic mass is 16.5. The lowest BCUT2D eigenvalue weighted by atomic mass is 9.96. The number of hydrogen-bond acceptors (Lipinski definition) is 27. The molecule has 0 saturated carbocycles. The number of aromatic nitrogens is 6. The van der Waals surface area contributed by atoms with Crippen molar-refractivity contribution in [2.45, 2.75) is 107 Å². The van der Waals surface area contributed by atoms with Gasteiger partial charge in [0.2, 0.25) is 17.7 Å². The highest BCUT2D eigenvalue weighted by Crippen LogP contribution is 2.43. The number of nitriles is 3. The summed E-state index contributed by atoms with van der Waals surface area (Å²) in [5.74, 6) is 1.72. The van der Waals surface area contributed by atoms with E-state index >= 15 is 0 Å². The zero-order chi connectivity index (χ0) is 86.5. The summed E-state index contributed by atoms with van der Waals surface area (Å²) in [4.78, 5) is 96.6. The molecular formula is C96H107N21O9. The second kappa shape index (κ2) is 37.7. The smallest absolute Gasteiger partial charge is 0.318 e. The number of morpholine rings is 3. The molecule has 0 bridgehead atoms. The van der Waals surface area contributed by atoms with Crippen molar-refractivity contribution in [1.82, 2.24) is 59.3 Å². The summed E-state index contributed by atoms with van der Waals surface area (Å²) in [6.07, 6.45) is 5.92. The third kappa shape index (κ3) is 17.6. The average Bonchev–Trinajstić information content (AvgIpc) is 0.760. The van der Waals surface area contributed by atoms with Crippen molar-refractivity contribution in [3.05, 3.63) is 198 Å². The summed E-state index contributed by atoms with van der Waals surface area (Å²) in [6.45, 7) is 25.3. The van der Waals surface area contributed by atoms with E-state index in [0.29, 0.717) is 170 Å². The van der Waals surface area contributed by atoms with E-state index in [-0.39, 0.29) is 111 Å². The molecule has 9 aliphatic rings. The topological polar surface area (TPSA) is 294 Å². The lowest BCUT2D eigenvalue weighted by Gasteiger charge is -2.42. The Morgan fingerprint density at radius 1 is 0.437 bits per heavy atom. The van der Waals surface area contributed by atoms with Gasteiger partial charge in [-0.05, 0) is 103 Å². The standard InChI is InChI=1S/C96H107N21O9/c1-6-88(118)115-41-38-112(51-67(115)26-32-97)91-79-30-36-110(56-82(79)100-94(103-91)124-61-70-59-121-46-44-106(70)4)85-25-24-77(75-21-13-14-22-76(75)85)87-58-107(5)71(60-123-87)62-125-95-101-83-57-111(37-31-80(83)92(104-95)113-39-42-116(89(119)7-2)68(52-113)27-33-98)86-49-64(48-66-17-10-12-20-74(66)86)50-108-45-47-122-72(54-108)63-126-96-102-81-55-109(84-23-15-18-65-16-9-11-19-73(65)84)35-29-78(81)93(105-96)114-40-43-117(90(120)8-3)69(53-114)28-34-99/h6-25,48-49,67-72,87H,1-3,26-31,35-47,50-63H2,4-5H3/t67?,68?,69?,70-,71+,72+,87?/m1/s1. The van der Waals surface area contributed by atoms with Crippen LogP contribution in [0.3, 0.4) is 0 Å². The fraction of sp³-hybridized carbons (Fsp3) is 0.438. The van der Waals surface area contributed by atoms with E-state index in [1.165, 1.54) is 29.0 Å². The van der Waals surface area contributed by atoms with Crippen LogP contribution in [-0.2, 0) is 74.0 Å². The number of hydrogen-bond donors (Lipinski definition) is 0. The molecule has 126 heavy (non-hydrogen) atoms. The second-order valence-corrected chi connectivity index (χ2v) is 34.2. The molecule has 3 aromatic heterocycles. The first-order valence-electron chi connectivity index (χ1n) is 44.1. The molecule has 0 radical (unpaired) electrons. The van der Waals surface area contributed by atoms with Crippen LogP contribution in [0.2, 0.25) is 0 Å². The predicted molar refractivity (Wildman–Crippen MR) is 480 cm³/mol. The Hall–Kier alpha value is -12.6. The van der Waals surface area contributed by atoms with Crippen LogP contribution in [-0.4, -0.2) is 278 Å². The van der Waals surface area contributed by atoms with Gasteiger partial charge >= 0.3 is 18.0 Å². The van der Waals surface area contributed by atoms with E-state index in [0.717, 1.165) is 114 Å². The Labute approximate surface area is 734 Å². The number of piperazine rings is 3. The zero-order valence-electron chi connectivity index (χ0n) is 71.8. The van der Waals surface area contributed by atoms with Gasteiger partial charge in [-0.2, -0.15) is 45.7 Å². The molecule has 18 rings (SSSR count). The first-order valence-corrected chi connectivity index (χ1v) is 44.1.